The van der Waals surface area contributed by atoms with E-state index in [2.05, 4.69) is 15.8 Å². The van der Waals surface area contributed by atoms with Gasteiger partial charge in [-0.05, 0) is 29.8 Å². The summed E-state index contributed by atoms with van der Waals surface area (Å²) in [5.74, 6) is -0.483. The van der Waals surface area contributed by atoms with E-state index >= 15 is 0 Å². The van der Waals surface area contributed by atoms with E-state index in [0.717, 1.165) is 5.56 Å². The molecule has 2 aromatic rings. The third-order valence-corrected chi connectivity index (χ3v) is 4.81. The molecule has 2 heterocycles. The molecule has 2 aromatic carbocycles. The van der Waals surface area contributed by atoms with Crippen LogP contribution in [-0.4, -0.2) is 23.6 Å². The molecule has 0 radical (unpaired) electrons. The van der Waals surface area contributed by atoms with Gasteiger partial charge in [-0.1, -0.05) is 40.5 Å². The van der Waals surface area contributed by atoms with Crippen molar-refractivity contribution in [1.82, 2.24) is 5.32 Å². The highest BCUT2D eigenvalue weighted by Gasteiger charge is 2.30. The molecule has 1 unspecified atom stereocenters. The number of carbonyl (C=O) groups excluding carboxylic acids is 2. The van der Waals surface area contributed by atoms with Crippen molar-refractivity contribution >= 4 is 46.4 Å². The lowest BCUT2D eigenvalue weighted by molar-refractivity contribution is -0.125. The smallest absolute Gasteiger partial charge is 0.268 e. The highest BCUT2D eigenvalue weighted by molar-refractivity contribution is 6.37. The molecule has 2 amide bonds. The topological polar surface area (TPSA) is 79.8 Å². The molecule has 2 aliphatic rings. The number of oxime groups is 1. The van der Waals surface area contributed by atoms with Crippen molar-refractivity contribution in [3.8, 4) is 0 Å². The second kappa shape index (κ2) is 6.63. The number of carbonyl (C=O) groups is 2. The van der Waals surface area contributed by atoms with Gasteiger partial charge in [0.25, 0.3) is 11.8 Å². The number of nitrogens with one attached hydrogen (secondary N) is 2. The van der Waals surface area contributed by atoms with Gasteiger partial charge in [0.2, 0.25) is 6.10 Å². The first-order chi connectivity index (χ1) is 12.5. The first-order valence-electron chi connectivity index (χ1n) is 7.91. The Morgan fingerprint density at radius 3 is 2.85 bits per heavy atom. The Labute approximate surface area is 159 Å². The fraction of sp³-hybridized carbons (Fsp3) is 0.167. The number of amides is 2. The predicted molar refractivity (Wildman–Crippen MR) is 98.7 cm³/mol. The maximum absolute atomic E-state index is 12.4. The summed E-state index contributed by atoms with van der Waals surface area (Å²) < 4.78 is 0. The summed E-state index contributed by atoms with van der Waals surface area (Å²) in [5.41, 5.74) is 3.28. The summed E-state index contributed by atoms with van der Waals surface area (Å²) in [6, 6.07) is 10.3. The van der Waals surface area contributed by atoms with Gasteiger partial charge in [0.05, 0.1) is 10.7 Å². The second-order valence-corrected chi connectivity index (χ2v) is 6.85. The molecule has 6 nitrogen and oxygen atoms in total. The SMILES string of the molecule is O=C1NCc2ccc(NC(=O)C3CC(c4ccc(Cl)cc4Cl)=NO3)cc21. The van der Waals surface area contributed by atoms with Crippen LogP contribution in [0, 0.1) is 0 Å². The lowest BCUT2D eigenvalue weighted by Crippen LogP contribution is -2.28. The van der Waals surface area contributed by atoms with Crippen molar-refractivity contribution in [2.75, 3.05) is 5.32 Å². The molecular formula is C18H13Cl2N3O3. The van der Waals surface area contributed by atoms with Gasteiger partial charge in [0.15, 0.2) is 0 Å². The summed E-state index contributed by atoms with van der Waals surface area (Å²) in [7, 11) is 0. The zero-order chi connectivity index (χ0) is 18.3. The zero-order valence-electron chi connectivity index (χ0n) is 13.4. The van der Waals surface area contributed by atoms with Crippen LogP contribution in [0.15, 0.2) is 41.6 Å². The predicted octanol–water partition coefficient (Wildman–Crippen LogP) is 3.37. The molecule has 132 valence electrons. The molecule has 8 heteroatoms. The molecule has 0 spiro atoms. The quantitative estimate of drug-likeness (QED) is 0.844. The van der Waals surface area contributed by atoms with Crippen molar-refractivity contribution in [2.45, 2.75) is 19.1 Å². The molecule has 0 saturated heterocycles. The molecule has 1 atom stereocenters. The van der Waals surface area contributed by atoms with E-state index in [4.69, 9.17) is 28.0 Å². The molecule has 2 N–H and O–H groups in total. The average molecular weight is 390 g/mol. The molecule has 0 bridgehead atoms. The Kier molecular flexibility index (Phi) is 4.30. The standard InChI is InChI=1S/C18H13Cl2N3O3/c19-10-2-4-12(14(20)5-10)15-7-16(26-23-15)18(25)22-11-3-1-9-8-21-17(24)13(9)6-11/h1-6,16H,7-8H2,(H,21,24)(H,22,25). The van der Waals surface area contributed by atoms with Crippen LogP contribution in [0.25, 0.3) is 0 Å². The molecule has 0 saturated carbocycles. The van der Waals surface area contributed by atoms with Gasteiger partial charge in [-0.2, -0.15) is 0 Å². The normalized spacial score (nSPS) is 18.0. The molecular weight excluding hydrogens is 377 g/mol. The summed E-state index contributed by atoms with van der Waals surface area (Å²) in [5, 5.41) is 10.4. The zero-order valence-corrected chi connectivity index (χ0v) is 14.9. The first kappa shape index (κ1) is 16.9. The third-order valence-electron chi connectivity index (χ3n) is 4.26. The maximum atomic E-state index is 12.4. The van der Waals surface area contributed by atoms with Crippen LogP contribution in [0.3, 0.4) is 0 Å². The number of hydrogen-bond acceptors (Lipinski definition) is 4. The molecule has 0 aromatic heterocycles. The minimum atomic E-state index is -0.765. The van der Waals surface area contributed by atoms with E-state index in [1.54, 1.807) is 30.3 Å². The minimum Gasteiger partial charge on any atom is -0.382 e. The highest BCUT2D eigenvalue weighted by atomic mass is 35.5. The number of halogens is 2. The van der Waals surface area contributed by atoms with Gasteiger partial charge in [0, 0.05) is 34.8 Å². The Hall–Kier alpha value is -2.57. The van der Waals surface area contributed by atoms with E-state index < -0.39 is 6.10 Å². The molecule has 4 rings (SSSR count). The Morgan fingerprint density at radius 1 is 1.19 bits per heavy atom. The maximum Gasteiger partial charge on any atom is 0.268 e. The molecule has 2 aliphatic heterocycles. The van der Waals surface area contributed by atoms with E-state index in [0.29, 0.717) is 45.5 Å². The van der Waals surface area contributed by atoms with Crippen LogP contribution in [0.2, 0.25) is 10.0 Å². The lowest BCUT2D eigenvalue weighted by Gasteiger charge is -2.10. The van der Waals surface area contributed by atoms with E-state index in [9.17, 15) is 9.59 Å². The average Bonchev–Trinajstić information content (AvgIpc) is 3.23. The van der Waals surface area contributed by atoms with E-state index in [-0.39, 0.29) is 11.8 Å². The summed E-state index contributed by atoms with van der Waals surface area (Å²) in [6.07, 6.45) is -0.475. The number of fused-ring (bicyclic) bond motifs is 1. The number of anilines is 1. The van der Waals surface area contributed by atoms with Crippen molar-refractivity contribution in [3.05, 3.63) is 63.1 Å². The summed E-state index contributed by atoms with van der Waals surface area (Å²) in [6.45, 7) is 0.507. The van der Waals surface area contributed by atoms with Crippen LogP contribution in [0.5, 0.6) is 0 Å². The highest BCUT2D eigenvalue weighted by Crippen LogP contribution is 2.27. The van der Waals surface area contributed by atoms with Crippen molar-refractivity contribution in [3.63, 3.8) is 0 Å². The van der Waals surface area contributed by atoms with Crippen molar-refractivity contribution in [2.24, 2.45) is 5.16 Å². The Bertz CT molecular complexity index is 959. The minimum absolute atomic E-state index is 0.142. The summed E-state index contributed by atoms with van der Waals surface area (Å²) >= 11 is 12.1. The van der Waals surface area contributed by atoms with E-state index in [1.807, 2.05) is 6.07 Å². The van der Waals surface area contributed by atoms with Gasteiger partial charge >= 0.3 is 0 Å². The number of benzene rings is 2. The first-order valence-corrected chi connectivity index (χ1v) is 8.67. The second-order valence-electron chi connectivity index (χ2n) is 6.00. The van der Waals surface area contributed by atoms with Crippen LogP contribution in [-0.2, 0) is 16.2 Å². The van der Waals surface area contributed by atoms with Gasteiger partial charge in [-0.15, -0.1) is 0 Å². The number of hydrogen-bond donors (Lipinski definition) is 2. The van der Waals surface area contributed by atoms with Crippen molar-refractivity contribution in [1.29, 1.82) is 0 Å². The Morgan fingerprint density at radius 2 is 2.04 bits per heavy atom. The van der Waals surface area contributed by atoms with Crippen molar-refractivity contribution < 1.29 is 14.4 Å². The monoisotopic (exact) mass is 389 g/mol. The largest absolute Gasteiger partial charge is 0.382 e. The van der Waals surface area contributed by atoms with Gasteiger partial charge in [-0.25, -0.2) is 0 Å². The summed E-state index contributed by atoms with van der Waals surface area (Å²) in [4.78, 5) is 29.4. The van der Waals surface area contributed by atoms with E-state index in [1.165, 1.54) is 0 Å². The third kappa shape index (κ3) is 3.13. The van der Waals surface area contributed by atoms with Crippen LogP contribution in [0.4, 0.5) is 5.69 Å². The van der Waals surface area contributed by atoms with Crippen LogP contribution in [0.1, 0.15) is 27.9 Å². The molecule has 26 heavy (non-hydrogen) atoms. The number of rotatable bonds is 3. The fourth-order valence-corrected chi connectivity index (χ4v) is 3.43. The number of nitrogens with zero attached hydrogens (tertiary/aromatic N) is 1. The molecule has 0 fully saturated rings. The molecule has 0 aliphatic carbocycles. The van der Waals surface area contributed by atoms with Gasteiger partial charge < -0.3 is 15.5 Å². The fourth-order valence-electron chi connectivity index (χ4n) is 2.91. The van der Waals surface area contributed by atoms with Crippen LogP contribution < -0.4 is 10.6 Å². The lowest BCUT2D eigenvalue weighted by atomic mass is 10.0. The van der Waals surface area contributed by atoms with Gasteiger partial charge in [-0.3, -0.25) is 9.59 Å². The van der Waals surface area contributed by atoms with Crippen LogP contribution >= 0.6 is 23.2 Å². The van der Waals surface area contributed by atoms with Gasteiger partial charge in [0.1, 0.15) is 0 Å². The Balaban J connectivity index is 1.44.